The van der Waals surface area contributed by atoms with Gasteiger partial charge < -0.3 is 10.6 Å². The molecule has 1 aromatic carbocycles. The highest BCUT2D eigenvalue weighted by Crippen LogP contribution is 2.29. The van der Waals surface area contributed by atoms with Gasteiger partial charge in [0.1, 0.15) is 0 Å². The highest BCUT2D eigenvalue weighted by Gasteiger charge is 2.28. The van der Waals surface area contributed by atoms with Gasteiger partial charge in [0.2, 0.25) is 10.0 Å². The van der Waals surface area contributed by atoms with Gasteiger partial charge in [-0.15, -0.1) is 0 Å². The van der Waals surface area contributed by atoms with Crippen LogP contribution in [-0.4, -0.2) is 45.3 Å². The van der Waals surface area contributed by atoms with Crippen molar-refractivity contribution in [2.45, 2.75) is 13.0 Å². The molecule has 26 heavy (non-hydrogen) atoms. The van der Waals surface area contributed by atoms with Crippen LogP contribution in [0.5, 0.6) is 0 Å². The first-order chi connectivity index (χ1) is 12.6. The van der Waals surface area contributed by atoms with Crippen LogP contribution < -0.4 is 14.9 Å². The van der Waals surface area contributed by atoms with Gasteiger partial charge in [0, 0.05) is 26.3 Å². The van der Waals surface area contributed by atoms with Crippen LogP contribution in [0.2, 0.25) is 0 Å². The predicted molar refractivity (Wildman–Crippen MR) is 104 cm³/mol. The van der Waals surface area contributed by atoms with Crippen LogP contribution in [-0.2, 0) is 23.0 Å². The topological polar surface area (TPSA) is 86.7 Å². The molecule has 2 N–H and O–H groups in total. The average molecular weight is 373 g/mol. The number of aliphatic imine (C=N–C) groups is 1. The number of sulfonamides is 1. The lowest BCUT2D eigenvalue weighted by molar-refractivity contribution is 0.590. The van der Waals surface area contributed by atoms with E-state index >= 15 is 0 Å². The molecule has 1 aromatic heterocycles. The zero-order valence-corrected chi connectivity index (χ0v) is 15.5. The molecule has 2 heterocycles. The van der Waals surface area contributed by atoms with Gasteiger partial charge in [0.15, 0.2) is 5.96 Å². The number of anilines is 1. The summed E-state index contributed by atoms with van der Waals surface area (Å²) in [5, 5.41) is 6.17. The van der Waals surface area contributed by atoms with E-state index in [-0.39, 0.29) is 12.3 Å². The van der Waals surface area contributed by atoms with Crippen LogP contribution in [0.25, 0.3) is 0 Å². The van der Waals surface area contributed by atoms with E-state index in [4.69, 9.17) is 0 Å². The highest BCUT2D eigenvalue weighted by atomic mass is 32.2. The second-order valence-corrected chi connectivity index (χ2v) is 7.95. The largest absolute Gasteiger partial charge is 0.355 e. The summed E-state index contributed by atoms with van der Waals surface area (Å²) in [5.41, 5.74) is 2.76. The molecule has 0 saturated heterocycles. The Hall–Kier alpha value is -2.61. The highest BCUT2D eigenvalue weighted by molar-refractivity contribution is 7.92. The summed E-state index contributed by atoms with van der Waals surface area (Å²) >= 11 is 0. The summed E-state index contributed by atoms with van der Waals surface area (Å²) in [7, 11) is -1.72. The molecule has 0 spiro atoms. The number of nitrogens with zero attached hydrogens (tertiary/aromatic N) is 3. The van der Waals surface area contributed by atoms with E-state index in [0.717, 1.165) is 23.4 Å². The maximum Gasteiger partial charge on any atom is 0.236 e. The van der Waals surface area contributed by atoms with Crippen LogP contribution in [0, 0.1) is 0 Å². The Morgan fingerprint density at radius 2 is 2.00 bits per heavy atom. The Labute approximate surface area is 154 Å². The second-order valence-electron chi connectivity index (χ2n) is 5.94. The van der Waals surface area contributed by atoms with E-state index < -0.39 is 10.0 Å². The average Bonchev–Trinajstić information content (AvgIpc) is 3.10. The van der Waals surface area contributed by atoms with Crippen molar-refractivity contribution in [2.24, 2.45) is 4.99 Å². The van der Waals surface area contributed by atoms with Gasteiger partial charge in [-0.25, -0.2) is 8.42 Å². The summed E-state index contributed by atoms with van der Waals surface area (Å²) in [6.07, 6.45) is 2.49. The summed E-state index contributed by atoms with van der Waals surface area (Å²) < 4.78 is 26.8. The molecule has 0 unspecified atom stereocenters. The summed E-state index contributed by atoms with van der Waals surface area (Å²) in [6, 6.07) is 13.3. The zero-order chi connectivity index (χ0) is 18.4. The van der Waals surface area contributed by atoms with Crippen molar-refractivity contribution in [1.29, 1.82) is 0 Å². The van der Waals surface area contributed by atoms with Crippen molar-refractivity contribution in [3.05, 3.63) is 59.9 Å². The van der Waals surface area contributed by atoms with Crippen molar-refractivity contribution in [3.63, 3.8) is 0 Å². The molecule has 0 atom stereocenters. The molecule has 0 bridgehead atoms. The van der Waals surface area contributed by atoms with E-state index in [1.165, 1.54) is 4.31 Å². The molecular formula is C18H23N5O2S. The third-order valence-corrected chi connectivity index (χ3v) is 5.99. The molecule has 0 saturated carbocycles. The quantitative estimate of drug-likeness (QED) is 0.586. The summed E-state index contributed by atoms with van der Waals surface area (Å²) in [5.74, 6) is 0.554. The van der Waals surface area contributed by atoms with Crippen LogP contribution in [0.1, 0.15) is 11.3 Å². The first-order valence-electron chi connectivity index (χ1n) is 8.53. The number of rotatable bonds is 6. The number of aromatic nitrogens is 1. The Kier molecular flexibility index (Phi) is 5.72. The fourth-order valence-electron chi connectivity index (χ4n) is 2.90. The molecule has 0 fully saturated rings. The Bertz CT molecular complexity index is 868. The molecule has 1 aliphatic heterocycles. The molecule has 3 rings (SSSR count). The van der Waals surface area contributed by atoms with Gasteiger partial charge in [0.25, 0.3) is 0 Å². The van der Waals surface area contributed by atoms with Gasteiger partial charge in [-0.2, -0.15) is 0 Å². The fourth-order valence-corrected chi connectivity index (χ4v) is 4.33. The molecule has 2 aromatic rings. The van der Waals surface area contributed by atoms with Crippen LogP contribution in [0.15, 0.2) is 53.7 Å². The van der Waals surface area contributed by atoms with Crippen molar-refractivity contribution in [3.8, 4) is 0 Å². The Balaban J connectivity index is 1.52. The van der Waals surface area contributed by atoms with Crippen LogP contribution in [0.3, 0.4) is 0 Å². The molecule has 7 nitrogen and oxygen atoms in total. The molecule has 0 radical (unpaired) electrons. The summed E-state index contributed by atoms with van der Waals surface area (Å²) in [4.78, 5) is 8.34. The fraction of sp³-hybridized carbons (Fsp3) is 0.333. The smallest absolute Gasteiger partial charge is 0.236 e. The van der Waals surface area contributed by atoms with Crippen molar-refractivity contribution in [1.82, 2.24) is 15.6 Å². The van der Waals surface area contributed by atoms with E-state index in [1.807, 2.05) is 42.5 Å². The van der Waals surface area contributed by atoms with Crippen molar-refractivity contribution >= 4 is 21.7 Å². The normalized spacial score (nSPS) is 14.2. The van der Waals surface area contributed by atoms with E-state index in [2.05, 4.69) is 20.6 Å². The maximum absolute atomic E-state index is 12.7. The Morgan fingerprint density at radius 1 is 1.19 bits per heavy atom. The van der Waals surface area contributed by atoms with Crippen molar-refractivity contribution < 1.29 is 8.42 Å². The number of pyridine rings is 1. The van der Waals surface area contributed by atoms with Crippen molar-refractivity contribution in [2.75, 3.05) is 30.2 Å². The zero-order valence-electron chi connectivity index (χ0n) is 14.7. The number of fused-ring (bicyclic) bond motifs is 1. The van der Waals surface area contributed by atoms with Gasteiger partial charge in [0.05, 0.1) is 23.7 Å². The van der Waals surface area contributed by atoms with Gasteiger partial charge in [-0.3, -0.25) is 14.3 Å². The lowest BCUT2D eigenvalue weighted by Gasteiger charge is -2.20. The van der Waals surface area contributed by atoms with Gasteiger partial charge in [-0.05, 0) is 30.2 Å². The Morgan fingerprint density at radius 3 is 2.77 bits per heavy atom. The van der Waals surface area contributed by atoms with E-state index in [0.29, 0.717) is 19.0 Å². The van der Waals surface area contributed by atoms with Gasteiger partial charge in [-0.1, -0.05) is 24.3 Å². The molecule has 1 aliphatic rings. The van der Waals surface area contributed by atoms with Crippen LogP contribution in [0.4, 0.5) is 5.69 Å². The molecule has 138 valence electrons. The number of hydrogen-bond acceptors (Lipinski definition) is 4. The minimum absolute atomic E-state index is 0.00558. The first kappa shape index (κ1) is 18.2. The summed E-state index contributed by atoms with van der Waals surface area (Å²) in [6.45, 7) is 1.31. The molecular weight excluding hydrogens is 350 g/mol. The van der Waals surface area contributed by atoms with E-state index in [1.54, 1.807) is 13.2 Å². The predicted octanol–water partition coefficient (Wildman–Crippen LogP) is 1.14. The standard InChI is InChI=1S/C18H23N5O2S/c1-19-18(22-14-16-7-4-5-10-20-16)21-11-13-26(24,25)23-12-9-15-6-2-3-8-17(15)23/h2-8,10H,9,11-14H2,1H3,(H2,19,21,22). The SMILES string of the molecule is CN=C(NCCS(=O)(=O)N1CCc2ccccc21)NCc1ccccn1. The number of guanidine groups is 1. The first-order valence-corrected chi connectivity index (χ1v) is 10.1. The molecule has 0 aliphatic carbocycles. The maximum atomic E-state index is 12.7. The van der Waals surface area contributed by atoms with Crippen LogP contribution >= 0.6 is 0 Å². The number of benzene rings is 1. The lowest BCUT2D eigenvalue weighted by atomic mass is 10.2. The third-order valence-electron chi connectivity index (χ3n) is 4.22. The van der Waals surface area contributed by atoms with E-state index in [9.17, 15) is 8.42 Å². The third kappa shape index (κ3) is 4.32. The number of para-hydroxylation sites is 1. The number of hydrogen-bond donors (Lipinski definition) is 2. The molecule has 8 heteroatoms. The second kappa shape index (κ2) is 8.18. The molecule has 0 amide bonds. The number of nitrogens with one attached hydrogen (secondary N) is 2. The minimum Gasteiger partial charge on any atom is -0.355 e. The monoisotopic (exact) mass is 373 g/mol. The lowest BCUT2D eigenvalue weighted by Crippen LogP contribution is -2.41. The minimum atomic E-state index is -3.37. The van der Waals surface area contributed by atoms with Gasteiger partial charge >= 0.3 is 0 Å².